The highest BCUT2D eigenvalue weighted by atomic mass is 16.5. The van der Waals surface area contributed by atoms with E-state index in [2.05, 4.69) is 10.3 Å². The average molecular weight is 428 g/mol. The number of nitrogens with one attached hydrogen (secondary N) is 1. The fraction of sp³-hybridized carbons (Fsp3) is 0.154. The molecule has 0 spiro atoms. The SMILES string of the molecule is COc1ccc(C(NC(=O)COc2ccccc2-c2ccccc2)c2nccn2C)cc1. The van der Waals surface area contributed by atoms with Crippen molar-refractivity contribution in [1.29, 1.82) is 0 Å². The third kappa shape index (κ3) is 4.81. The molecule has 0 aliphatic carbocycles. The molecule has 6 nitrogen and oxygen atoms in total. The molecule has 1 aromatic heterocycles. The second-order valence-electron chi connectivity index (χ2n) is 7.32. The Bertz CT molecular complexity index is 1170. The van der Waals surface area contributed by atoms with Crippen LogP contribution in [0.3, 0.4) is 0 Å². The van der Waals surface area contributed by atoms with E-state index in [1.807, 2.05) is 96.7 Å². The van der Waals surface area contributed by atoms with Gasteiger partial charge in [-0.1, -0.05) is 60.7 Å². The number of aromatic nitrogens is 2. The lowest BCUT2D eigenvalue weighted by Gasteiger charge is -2.20. The van der Waals surface area contributed by atoms with Crippen LogP contribution in [0.25, 0.3) is 11.1 Å². The molecule has 6 heteroatoms. The Labute approximate surface area is 187 Å². The first-order valence-electron chi connectivity index (χ1n) is 10.3. The molecule has 1 amide bonds. The number of carbonyl (C=O) groups excluding carboxylic acids is 1. The van der Waals surface area contributed by atoms with Crippen molar-refractivity contribution in [2.75, 3.05) is 13.7 Å². The number of ether oxygens (including phenoxy) is 2. The van der Waals surface area contributed by atoms with E-state index in [9.17, 15) is 4.79 Å². The Kier molecular flexibility index (Phi) is 6.51. The third-order valence-electron chi connectivity index (χ3n) is 5.20. The Hall–Kier alpha value is -4.06. The number of carbonyl (C=O) groups is 1. The van der Waals surface area contributed by atoms with Crippen LogP contribution in [0.4, 0.5) is 0 Å². The second kappa shape index (κ2) is 9.83. The fourth-order valence-electron chi connectivity index (χ4n) is 3.54. The summed E-state index contributed by atoms with van der Waals surface area (Å²) in [5.74, 6) is 1.90. The lowest BCUT2D eigenvalue weighted by molar-refractivity contribution is -0.123. The zero-order valence-electron chi connectivity index (χ0n) is 18.1. The molecular weight excluding hydrogens is 402 g/mol. The van der Waals surface area contributed by atoms with Gasteiger partial charge < -0.3 is 19.4 Å². The molecule has 162 valence electrons. The minimum absolute atomic E-state index is 0.110. The van der Waals surface area contributed by atoms with Crippen molar-refractivity contribution in [2.24, 2.45) is 7.05 Å². The molecule has 0 saturated heterocycles. The van der Waals surface area contributed by atoms with Crippen LogP contribution in [0.1, 0.15) is 17.4 Å². The molecule has 0 aliphatic heterocycles. The maximum atomic E-state index is 12.9. The van der Waals surface area contributed by atoms with E-state index in [1.165, 1.54) is 0 Å². The van der Waals surface area contributed by atoms with E-state index in [0.717, 1.165) is 28.3 Å². The van der Waals surface area contributed by atoms with Crippen molar-refractivity contribution < 1.29 is 14.3 Å². The quantitative estimate of drug-likeness (QED) is 0.453. The first kappa shape index (κ1) is 21.2. The van der Waals surface area contributed by atoms with Crippen LogP contribution < -0.4 is 14.8 Å². The number of amides is 1. The van der Waals surface area contributed by atoms with E-state index in [0.29, 0.717) is 5.75 Å². The molecule has 32 heavy (non-hydrogen) atoms. The molecule has 4 rings (SSSR count). The second-order valence-corrected chi connectivity index (χ2v) is 7.32. The van der Waals surface area contributed by atoms with Crippen LogP contribution in [-0.2, 0) is 11.8 Å². The molecular formula is C26H25N3O3. The van der Waals surface area contributed by atoms with Crippen LogP contribution in [-0.4, -0.2) is 29.2 Å². The van der Waals surface area contributed by atoms with Crippen molar-refractivity contribution >= 4 is 5.91 Å². The van der Waals surface area contributed by atoms with Gasteiger partial charge in [0.1, 0.15) is 23.4 Å². The van der Waals surface area contributed by atoms with E-state index in [4.69, 9.17) is 9.47 Å². The predicted molar refractivity (Wildman–Crippen MR) is 124 cm³/mol. The van der Waals surface area contributed by atoms with Crippen molar-refractivity contribution in [2.45, 2.75) is 6.04 Å². The van der Waals surface area contributed by atoms with Gasteiger partial charge in [-0.05, 0) is 29.3 Å². The molecule has 0 saturated carbocycles. The molecule has 0 radical (unpaired) electrons. The van der Waals surface area contributed by atoms with Gasteiger partial charge >= 0.3 is 0 Å². The highest BCUT2D eigenvalue weighted by Gasteiger charge is 2.21. The topological polar surface area (TPSA) is 65.4 Å². The number of benzene rings is 3. The molecule has 4 aromatic rings. The van der Waals surface area contributed by atoms with E-state index < -0.39 is 6.04 Å². The molecule has 1 N–H and O–H groups in total. The van der Waals surface area contributed by atoms with Crippen molar-refractivity contribution in [3.05, 3.63) is 103 Å². The smallest absolute Gasteiger partial charge is 0.258 e. The van der Waals surface area contributed by atoms with E-state index >= 15 is 0 Å². The summed E-state index contributed by atoms with van der Waals surface area (Å²) in [5.41, 5.74) is 2.88. The number of hydrogen-bond acceptors (Lipinski definition) is 4. The van der Waals surface area contributed by atoms with Gasteiger partial charge in [0, 0.05) is 25.0 Å². The first-order chi connectivity index (χ1) is 15.7. The summed E-state index contributed by atoms with van der Waals surface area (Å²) in [6.45, 7) is -0.110. The number of nitrogens with zero attached hydrogens (tertiary/aromatic N) is 2. The monoisotopic (exact) mass is 427 g/mol. The zero-order valence-corrected chi connectivity index (χ0v) is 18.1. The fourth-order valence-corrected chi connectivity index (χ4v) is 3.54. The van der Waals surface area contributed by atoms with E-state index in [1.54, 1.807) is 13.3 Å². The zero-order chi connectivity index (χ0) is 22.3. The summed E-state index contributed by atoms with van der Waals surface area (Å²) in [5, 5.41) is 3.06. The summed E-state index contributed by atoms with van der Waals surface area (Å²) in [7, 11) is 3.52. The molecule has 3 aromatic carbocycles. The van der Waals surface area contributed by atoms with E-state index in [-0.39, 0.29) is 12.5 Å². The third-order valence-corrected chi connectivity index (χ3v) is 5.20. The minimum atomic E-state index is -0.415. The summed E-state index contributed by atoms with van der Waals surface area (Å²) in [6.07, 6.45) is 3.56. The molecule has 0 fully saturated rings. The lowest BCUT2D eigenvalue weighted by Crippen LogP contribution is -2.34. The predicted octanol–water partition coefficient (Wildman–Crippen LogP) is 4.38. The van der Waals surface area contributed by atoms with Crippen molar-refractivity contribution in [3.8, 4) is 22.6 Å². The number of para-hydroxylation sites is 1. The highest BCUT2D eigenvalue weighted by molar-refractivity contribution is 5.79. The van der Waals surface area contributed by atoms with Gasteiger partial charge in [0.15, 0.2) is 6.61 Å². The van der Waals surface area contributed by atoms with Gasteiger partial charge in [-0.15, -0.1) is 0 Å². The maximum Gasteiger partial charge on any atom is 0.258 e. The molecule has 0 aliphatic rings. The van der Waals surface area contributed by atoms with Gasteiger partial charge in [-0.3, -0.25) is 4.79 Å². The Morgan fingerprint density at radius 3 is 2.41 bits per heavy atom. The number of aryl methyl sites for hydroxylation is 1. The van der Waals surface area contributed by atoms with Crippen LogP contribution in [0.5, 0.6) is 11.5 Å². The van der Waals surface area contributed by atoms with Crippen LogP contribution >= 0.6 is 0 Å². The standard InChI is InChI=1S/C26H25N3O3/c1-29-17-16-27-26(29)25(20-12-14-21(31-2)15-13-20)28-24(30)18-32-23-11-7-6-10-22(23)19-8-4-3-5-9-19/h3-17,25H,18H2,1-2H3,(H,28,30). The largest absolute Gasteiger partial charge is 0.497 e. The van der Waals surface area contributed by atoms with Crippen LogP contribution in [0, 0.1) is 0 Å². The van der Waals surface area contributed by atoms with Crippen molar-refractivity contribution in [1.82, 2.24) is 14.9 Å². The Morgan fingerprint density at radius 1 is 1.00 bits per heavy atom. The molecule has 1 unspecified atom stereocenters. The Morgan fingerprint density at radius 2 is 1.72 bits per heavy atom. The summed E-state index contributed by atoms with van der Waals surface area (Å²) < 4.78 is 13.1. The summed E-state index contributed by atoms with van der Waals surface area (Å²) in [4.78, 5) is 17.3. The maximum absolute atomic E-state index is 12.9. The highest BCUT2D eigenvalue weighted by Crippen LogP contribution is 2.29. The first-order valence-corrected chi connectivity index (χ1v) is 10.3. The van der Waals surface area contributed by atoms with Crippen LogP contribution in [0.15, 0.2) is 91.3 Å². The van der Waals surface area contributed by atoms with Crippen LogP contribution in [0.2, 0.25) is 0 Å². The number of hydrogen-bond donors (Lipinski definition) is 1. The molecule has 1 heterocycles. The number of rotatable bonds is 8. The number of methoxy groups -OCH3 is 1. The van der Waals surface area contributed by atoms with Gasteiger partial charge in [0.05, 0.1) is 7.11 Å². The Balaban J connectivity index is 1.51. The normalized spacial score (nSPS) is 11.6. The van der Waals surface area contributed by atoms with Gasteiger partial charge in [0.25, 0.3) is 5.91 Å². The molecule has 1 atom stereocenters. The van der Waals surface area contributed by atoms with Gasteiger partial charge in [0.2, 0.25) is 0 Å². The van der Waals surface area contributed by atoms with Gasteiger partial charge in [-0.2, -0.15) is 0 Å². The van der Waals surface area contributed by atoms with Crippen molar-refractivity contribution in [3.63, 3.8) is 0 Å². The number of imidazole rings is 1. The molecule has 0 bridgehead atoms. The average Bonchev–Trinajstić information content (AvgIpc) is 3.27. The summed E-state index contributed by atoms with van der Waals surface area (Å²) in [6, 6.07) is 24.8. The lowest BCUT2D eigenvalue weighted by atomic mass is 10.0. The minimum Gasteiger partial charge on any atom is -0.497 e. The van der Waals surface area contributed by atoms with Gasteiger partial charge in [-0.25, -0.2) is 4.98 Å². The summed E-state index contributed by atoms with van der Waals surface area (Å²) >= 11 is 0.